The van der Waals surface area contributed by atoms with Gasteiger partial charge in [0.2, 0.25) is 0 Å². The number of ether oxygens (including phenoxy) is 1. The van der Waals surface area contributed by atoms with E-state index in [1.807, 2.05) is 32.0 Å². The molecular weight excluding hydrogens is 306 g/mol. The van der Waals surface area contributed by atoms with Crippen molar-refractivity contribution < 1.29 is 13.9 Å². The Labute approximate surface area is 138 Å². The summed E-state index contributed by atoms with van der Waals surface area (Å²) in [5.74, 6) is 0.0894. The lowest BCUT2D eigenvalue weighted by Gasteiger charge is -2.09. The molecular formula is C19H17NO4. The number of amides is 1. The SMILES string of the molecule is COc1ccc2cc(C(=O)Nc3ccc(C)cc3C)c(=O)oc2c1. The summed E-state index contributed by atoms with van der Waals surface area (Å²) < 4.78 is 10.3. The number of hydrogen-bond acceptors (Lipinski definition) is 4. The predicted octanol–water partition coefficient (Wildman–Crippen LogP) is 3.67. The lowest BCUT2D eigenvalue weighted by atomic mass is 10.1. The minimum Gasteiger partial charge on any atom is -0.497 e. The van der Waals surface area contributed by atoms with E-state index in [9.17, 15) is 9.59 Å². The van der Waals surface area contributed by atoms with Crippen LogP contribution in [0.25, 0.3) is 11.0 Å². The fourth-order valence-electron chi connectivity index (χ4n) is 2.52. The zero-order valence-corrected chi connectivity index (χ0v) is 13.7. The van der Waals surface area contributed by atoms with E-state index in [-0.39, 0.29) is 5.56 Å². The molecule has 122 valence electrons. The van der Waals surface area contributed by atoms with Crippen LogP contribution in [0.2, 0.25) is 0 Å². The summed E-state index contributed by atoms with van der Waals surface area (Å²) >= 11 is 0. The van der Waals surface area contributed by atoms with E-state index in [0.717, 1.165) is 11.1 Å². The number of nitrogens with one attached hydrogen (secondary N) is 1. The number of hydrogen-bond donors (Lipinski definition) is 1. The van der Waals surface area contributed by atoms with E-state index in [0.29, 0.717) is 22.4 Å². The van der Waals surface area contributed by atoms with Crippen LogP contribution < -0.4 is 15.7 Å². The number of benzene rings is 2. The fourth-order valence-corrected chi connectivity index (χ4v) is 2.52. The Morgan fingerprint density at radius 1 is 1.08 bits per heavy atom. The summed E-state index contributed by atoms with van der Waals surface area (Å²) in [7, 11) is 1.53. The number of anilines is 1. The molecule has 5 heteroatoms. The average molecular weight is 323 g/mol. The highest BCUT2D eigenvalue weighted by Gasteiger charge is 2.15. The molecule has 1 heterocycles. The molecule has 3 rings (SSSR count). The van der Waals surface area contributed by atoms with E-state index in [2.05, 4.69) is 5.32 Å². The van der Waals surface area contributed by atoms with Crippen LogP contribution in [-0.2, 0) is 0 Å². The van der Waals surface area contributed by atoms with Crippen molar-refractivity contribution in [1.82, 2.24) is 0 Å². The first kappa shape index (κ1) is 15.8. The molecule has 0 saturated heterocycles. The van der Waals surface area contributed by atoms with Crippen molar-refractivity contribution in [3.05, 3.63) is 69.6 Å². The molecule has 0 unspecified atom stereocenters. The third kappa shape index (κ3) is 3.01. The van der Waals surface area contributed by atoms with Crippen molar-refractivity contribution in [2.24, 2.45) is 0 Å². The van der Waals surface area contributed by atoms with Crippen molar-refractivity contribution >= 4 is 22.6 Å². The highest BCUT2D eigenvalue weighted by Crippen LogP contribution is 2.21. The van der Waals surface area contributed by atoms with E-state index in [4.69, 9.17) is 9.15 Å². The Bertz CT molecular complexity index is 988. The van der Waals surface area contributed by atoms with Gasteiger partial charge in [-0.05, 0) is 43.7 Å². The standard InChI is InChI=1S/C19H17NO4/c1-11-4-7-16(12(2)8-11)20-18(21)15-9-13-5-6-14(23-3)10-17(13)24-19(15)22/h4-10H,1-3H3,(H,20,21). The summed E-state index contributed by atoms with van der Waals surface area (Å²) in [5, 5.41) is 3.41. The average Bonchev–Trinajstić information content (AvgIpc) is 2.56. The van der Waals surface area contributed by atoms with Crippen LogP contribution in [-0.4, -0.2) is 13.0 Å². The van der Waals surface area contributed by atoms with Gasteiger partial charge in [0.25, 0.3) is 5.91 Å². The molecule has 0 aliphatic rings. The number of carbonyl (C=O) groups is 1. The topological polar surface area (TPSA) is 68.5 Å². The van der Waals surface area contributed by atoms with Crippen molar-refractivity contribution in [2.45, 2.75) is 13.8 Å². The van der Waals surface area contributed by atoms with Crippen molar-refractivity contribution in [3.8, 4) is 5.75 Å². The minimum absolute atomic E-state index is 0.0346. The van der Waals surface area contributed by atoms with E-state index in [1.54, 1.807) is 18.2 Å². The summed E-state index contributed by atoms with van der Waals surface area (Å²) in [6.45, 7) is 3.88. The van der Waals surface area contributed by atoms with Crippen LogP contribution in [0.1, 0.15) is 21.5 Å². The predicted molar refractivity (Wildman–Crippen MR) is 92.9 cm³/mol. The smallest absolute Gasteiger partial charge is 0.349 e. The summed E-state index contributed by atoms with van der Waals surface area (Å²) in [4.78, 5) is 24.6. The molecule has 1 amide bonds. The number of methoxy groups -OCH3 is 1. The number of carbonyl (C=O) groups excluding carboxylic acids is 1. The summed E-state index contributed by atoms with van der Waals surface area (Å²) in [6.07, 6.45) is 0. The first-order valence-electron chi connectivity index (χ1n) is 7.48. The number of fused-ring (bicyclic) bond motifs is 1. The first-order chi connectivity index (χ1) is 11.5. The van der Waals surface area contributed by atoms with Crippen molar-refractivity contribution in [1.29, 1.82) is 0 Å². The molecule has 0 radical (unpaired) electrons. The highest BCUT2D eigenvalue weighted by molar-refractivity contribution is 6.05. The first-order valence-corrected chi connectivity index (χ1v) is 7.48. The Kier molecular flexibility index (Phi) is 4.08. The second kappa shape index (κ2) is 6.20. The Hall–Kier alpha value is -3.08. The van der Waals surface area contributed by atoms with Gasteiger partial charge in [-0.25, -0.2) is 4.79 Å². The monoisotopic (exact) mass is 323 g/mol. The van der Waals surface area contributed by atoms with E-state index < -0.39 is 11.5 Å². The Balaban J connectivity index is 1.97. The summed E-state index contributed by atoms with van der Waals surface area (Å²) in [6, 6.07) is 12.3. The van der Waals surface area contributed by atoms with Gasteiger partial charge >= 0.3 is 5.63 Å². The van der Waals surface area contributed by atoms with Crippen LogP contribution in [0.15, 0.2) is 51.7 Å². The zero-order chi connectivity index (χ0) is 17.3. The Morgan fingerprint density at radius 3 is 2.58 bits per heavy atom. The molecule has 0 bridgehead atoms. The molecule has 2 aromatic carbocycles. The van der Waals surface area contributed by atoms with Gasteiger partial charge in [-0.2, -0.15) is 0 Å². The number of rotatable bonds is 3. The minimum atomic E-state index is -0.682. The van der Waals surface area contributed by atoms with Crippen LogP contribution in [0.4, 0.5) is 5.69 Å². The number of aryl methyl sites for hydroxylation is 2. The maximum atomic E-state index is 12.4. The van der Waals surface area contributed by atoms with Crippen molar-refractivity contribution in [3.63, 3.8) is 0 Å². The summed E-state index contributed by atoms with van der Waals surface area (Å²) in [5.41, 5.74) is 2.36. The largest absolute Gasteiger partial charge is 0.497 e. The van der Waals surface area contributed by atoms with Crippen LogP contribution in [0.3, 0.4) is 0 Å². The van der Waals surface area contributed by atoms with Gasteiger partial charge in [0.05, 0.1) is 7.11 Å². The lowest BCUT2D eigenvalue weighted by molar-refractivity contribution is 0.102. The quantitative estimate of drug-likeness (QED) is 0.747. The molecule has 0 aliphatic heterocycles. The van der Waals surface area contributed by atoms with Crippen LogP contribution in [0.5, 0.6) is 5.75 Å². The normalized spacial score (nSPS) is 10.6. The Morgan fingerprint density at radius 2 is 1.88 bits per heavy atom. The van der Waals surface area contributed by atoms with Gasteiger partial charge in [0, 0.05) is 17.1 Å². The molecule has 5 nitrogen and oxygen atoms in total. The lowest BCUT2D eigenvalue weighted by Crippen LogP contribution is -2.21. The fraction of sp³-hybridized carbons (Fsp3) is 0.158. The van der Waals surface area contributed by atoms with E-state index in [1.165, 1.54) is 13.2 Å². The third-order valence-electron chi connectivity index (χ3n) is 3.82. The molecule has 0 fully saturated rings. The van der Waals surface area contributed by atoms with Gasteiger partial charge in [0.15, 0.2) is 0 Å². The molecule has 1 N–H and O–H groups in total. The molecule has 1 aromatic heterocycles. The molecule has 0 spiro atoms. The van der Waals surface area contributed by atoms with Crippen LogP contribution in [0, 0.1) is 13.8 Å². The van der Waals surface area contributed by atoms with Crippen LogP contribution >= 0.6 is 0 Å². The second-order valence-corrected chi connectivity index (χ2v) is 5.62. The van der Waals surface area contributed by atoms with Gasteiger partial charge in [-0.15, -0.1) is 0 Å². The van der Waals surface area contributed by atoms with Gasteiger partial charge in [-0.1, -0.05) is 17.7 Å². The van der Waals surface area contributed by atoms with Crippen molar-refractivity contribution in [2.75, 3.05) is 12.4 Å². The van der Waals surface area contributed by atoms with Gasteiger partial charge in [0.1, 0.15) is 16.9 Å². The van der Waals surface area contributed by atoms with Gasteiger partial charge < -0.3 is 14.5 Å². The van der Waals surface area contributed by atoms with E-state index >= 15 is 0 Å². The molecule has 0 atom stereocenters. The second-order valence-electron chi connectivity index (χ2n) is 5.62. The van der Waals surface area contributed by atoms with Gasteiger partial charge in [-0.3, -0.25) is 4.79 Å². The highest BCUT2D eigenvalue weighted by atomic mass is 16.5. The maximum absolute atomic E-state index is 12.4. The molecule has 0 saturated carbocycles. The molecule has 24 heavy (non-hydrogen) atoms. The third-order valence-corrected chi connectivity index (χ3v) is 3.82. The zero-order valence-electron chi connectivity index (χ0n) is 13.7. The maximum Gasteiger partial charge on any atom is 0.349 e. The molecule has 0 aliphatic carbocycles. The molecule has 3 aromatic rings.